The standard InChI is InChI=1S/C27H29N3O2/c1-19(20-8-4-3-5-9-20)28-18-27(31)30-16-24(21-12-14-22(32-2)15-13-21)25-17-29-26-11-7-6-10-23(25)26/h3-15,17,19,24,28-29H,16,18H2,1-2H3,(H,30,31)/p+1/t19-,24+/m1/s1. The minimum absolute atomic E-state index is 0.0335. The number of carbonyl (C=O) groups excluding carboxylic acids is 1. The summed E-state index contributed by atoms with van der Waals surface area (Å²) in [5.41, 5.74) is 4.62. The van der Waals surface area contributed by atoms with E-state index in [1.165, 1.54) is 16.5 Å². The van der Waals surface area contributed by atoms with Gasteiger partial charge in [-0.05, 0) is 36.2 Å². The monoisotopic (exact) mass is 428 g/mol. The van der Waals surface area contributed by atoms with Crippen molar-refractivity contribution in [2.24, 2.45) is 0 Å². The Bertz CT molecular complexity index is 1150. The van der Waals surface area contributed by atoms with Crippen LogP contribution in [-0.2, 0) is 4.79 Å². The summed E-state index contributed by atoms with van der Waals surface area (Å²) in [6.07, 6.45) is 2.05. The van der Waals surface area contributed by atoms with Crippen molar-refractivity contribution in [3.63, 3.8) is 0 Å². The second kappa shape index (κ2) is 10.2. The Morgan fingerprint density at radius 2 is 1.69 bits per heavy atom. The van der Waals surface area contributed by atoms with Crippen molar-refractivity contribution in [1.82, 2.24) is 10.3 Å². The number of nitrogens with two attached hydrogens (primary N) is 1. The van der Waals surface area contributed by atoms with E-state index in [1.54, 1.807) is 7.11 Å². The molecule has 0 spiro atoms. The van der Waals surface area contributed by atoms with Gasteiger partial charge in [0.15, 0.2) is 6.54 Å². The molecule has 1 heterocycles. The van der Waals surface area contributed by atoms with Crippen molar-refractivity contribution in [2.75, 3.05) is 20.2 Å². The number of aromatic nitrogens is 1. The van der Waals surface area contributed by atoms with Crippen molar-refractivity contribution in [3.8, 4) is 5.75 Å². The van der Waals surface area contributed by atoms with E-state index in [9.17, 15) is 4.79 Å². The third-order valence-corrected chi connectivity index (χ3v) is 6.00. The van der Waals surface area contributed by atoms with Crippen LogP contribution in [0.15, 0.2) is 85.1 Å². The molecule has 0 saturated carbocycles. The molecule has 0 aliphatic rings. The number of quaternary nitrogens is 1. The zero-order valence-electron chi connectivity index (χ0n) is 18.5. The maximum Gasteiger partial charge on any atom is 0.275 e. The minimum atomic E-state index is 0.0335. The van der Waals surface area contributed by atoms with Gasteiger partial charge in [-0.25, -0.2) is 0 Å². The lowest BCUT2D eigenvalue weighted by Crippen LogP contribution is -2.87. The average molecular weight is 429 g/mol. The number of methoxy groups -OCH3 is 1. The van der Waals surface area contributed by atoms with Gasteiger partial charge < -0.3 is 20.4 Å². The average Bonchev–Trinajstić information content (AvgIpc) is 3.27. The van der Waals surface area contributed by atoms with E-state index in [0.29, 0.717) is 13.1 Å². The van der Waals surface area contributed by atoms with Crippen molar-refractivity contribution in [3.05, 3.63) is 102 Å². The Morgan fingerprint density at radius 1 is 0.969 bits per heavy atom. The fraction of sp³-hybridized carbons (Fsp3) is 0.222. The highest BCUT2D eigenvalue weighted by Crippen LogP contribution is 2.31. The molecule has 0 radical (unpaired) electrons. The van der Waals surface area contributed by atoms with E-state index in [4.69, 9.17) is 4.74 Å². The summed E-state index contributed by atoms with van der Waals surface area (Å²) in [5, 5.41) is 6.40. The normalized spacial score (nSPS) is 12.9. The number of fused-ring (bicyclic) bond motifs is 1. The van der Waals surface area contributed by atoms with Crippen LogP contribution < -0.4 is 15.4 Å². The second-order valence-corrected chi connectivity index (χ2v) is 8.06. The van der Waals surface area contributed by atoms with Crippen molar-refractivity contribution in [1.29, 1.82) is 0 Å². The molecule has 1 amide bonds. The van der Waals surface area contributed by atoms with Crippen LogP contribution in [0.4, 0.5) is 0 Å². The molecule has 0 unspecified atom stereocenters. The molecular formula is C27H30N3O2+. The van der Waals surface area contributed by atoms with Gasteiger partial charge in [0.05, 0.1) is 7.11 Å². The maximum absolute atomic E-state index is 12.7. The predicted molar refractivity (Wildman–Crippen MR) is 128 cm³/mol. The lowest BCUT2D eigenvalue weighted by atomic mass is 9.90. The molecule has 0 aliphatic carbocycles. The van der Waals surface area contributed by atoms with Gasteiger partial charge in [-0.3, -0.25) is 4.79 Å². The number of benzene rings is 3. The van der Waals surface area contributed by atoms with Crippen LogP contribution >= 0.6 is 0 Å². The van der Waals surface area contributed by atoms with Crippen LogP contribution in [0.1, 0.15) is 35.6 Å². The number of carbonyl (C=O) groups is 1. The van der Waals surface area contributed by atoms with Gasteiger partial charge in [0.2, 0.25) is 0 Å². The van der Waals surface area contributed by atoms with E-state index in [0.717, 1.165) is 16.8 Å². The van der Waals surface area contributed by atoms with Gasteiger partial charge in [0.1, 0.15) is 11.8 Å². The lowest BCUT2D eigenvalue weighted by molar-refractivity contribution is -0.682. The Labute approximate surface area is 188 Å². The Morgan fingerprint density at radius 3 is 2.44 bits per heavy atom. The summed E-state index contributed by atoms with van der Waals surface area (Å²) in [6.45, 7) is 3.04. The second-order valence-electron chi connectivity index (χ2n) is 8.06. The van der Waals surface area contributed by atoms with E-state index in [-0.39, 0.29) is 17.9 Å². The summed E-state index contributed by atoms with van der Waals surface area (Å²) in [5.74, 6) is 0.888. The van der Waals surface area contributed by atoms with Crippen LogP contribution in [0.2, 0.25) is 0 Å². The number of rotatable bonds is 9. The van der Waals surface area contributed by atoms with Crippen LogP contribution in [-0.4, -0.2) is 31.1 Å². The SMILES string of the molecule is COc1ccc([C@H](CNC(=O)C[NH2+][C@H](C)c2ccccc2)c2c[nH]c3ccccc23)cc1. The van der Waals surface area contributed by atoms with Gasteiger partial charge in [-0.2, -0.15) is 0 Å². The molecule has 0 fully saturated rings. The molecule has 5 heteroatoms. The molecule has 4 N–H and O–H groups in total. The van der Waals surface area contributed by atoms with Crippen LogP contribution in [0.25, 0.3) is 10.9 Å². The summed E-state index contributed by atoms with van der Waals surface area (Å²) in [7, 11) is 1.67. The summed E-state index contributed by atoms with van der Waals surface area (Å²) >= 11 is 0. The van der Waals surface area contributed by atoms with E-state index in [2.05, 4.69) is 65.1 Å². The number of para-hydroxylation sites is 1. The number of hydrogen-bond donors (Lipinski definition) is 3. The summed E-state index contributed by atoms with van der Waals surface area (Å²) < 4.78 is 5.32. The van der Waals surface area contributed by atoms with Crippen LogP contribution in [0.5, 0.6) is 5.75 Å². The van der Waals surface area contributed by atoms with Crippen LogP contribution in [0, 0.1) is 0 Å². The van der Waals surface area contributed by atoms with Gasteiger partial charge in [0, 0.05) is 35.1 Å². The topological polar surface area (TPSA) is 70.7 Å². The Balaban J connectivity index is 1.47. The highest BCUT2D eigenvalue weighted by molar-refractivity contribution is 5.84. The summed E-state index contributed by atoms with van der Waals surface area (Å²) in [6, 6.07) is 26.8. The highest BCUT2D eigenvalue weighted by atomic mass is 16.5. The number of aromatic amines is 1. The Hall–Kier alpha value is -3.57. The van der Waals surface area contributed by atoms with Gasteiger partial charge in [-0.15, -0.1) is 0 Å². The van der Waals surface area contributed by atoms with Gasteiger partial charge >= 0.3 is 0 Å². The third-order valence-electron chi connectivity index (χ3n) is 6.00. The Kier molecular flexibility index (Phi) is 6.87. The molecule has 164 valence electrons. The molecule has 4 aromatic rings. The molecule has 1 aromatic heterocycles. The van der Waals surface area contributed by atoms with Crippen molar-refractivity contribution in [2.45, 2.75) is 18.9 Å². The fourth-order valence-electron chi connectivity index (χ4n) is 4.09. The quantitative estimate of drug-likeness (QED) is 0.380. The van der Waals surface area contributed by atoms with Gasteiger partial charge in [0.25, 0.3) is 5.91 Å². The number of H-pyrrole nitrogens is 1. The fourth-order valence-corrected chi connectivity index (χ4v) is 4.09. The molecular weight excluding hydrogens is 398 g/mol. The molecule has 0 aliphatic heterocycles. The van der Waals surface area contributed by atoms with E-state index in [1.807, 2.05) is 42.5 Å². The maximum atomic E-state index is 12.7. The number of nitrogens with one attached hydrogen (secondary N) is 2. The highest BCUT2D eigenvalue weighted by Gasteiger charge is 2.20. The van der Waals surface area contributed by atoms with E-state index < -0.39 is 0 Å². The molecule has 3 aromatic carbocycles. The molecule has 32 heavy (non-hydrogen) atoms. The number of amides is 1. The summed E-state index contributed by atoms with van der Waals surface area (Å²) in [4.78, 5) is 16.0. The zero-order chi connectivity index (χ0) is 22.3. The molecule has 2 atom stereocenters. The molecule has 5 nitrogen and oxygen atoms in total. The minimum Gasteiger partial charge on any atom is -0.497 e. The predicted octanol–water partition coefficient (Wildman–Crippen LogP) is 3.75. The van der Waals surface area contributed by atoms with Crippen molar-refractivity contribution >= 4 is 16.8 Å². The number of hydrogen-bond acceptors (Lipinski definition) is 2. The first-order chi connectivity index (χ1) is 15.7. The van der Waals surface area contributed by atoms with Crippen molar-refractivity contribution < 1.29 is 14.8 Å². The third kappa shape index (κ3) is 5.01. The first-order valence-electron chi connectivity index (χ1n) is 11.0. The largest absolute Gasteiger partial charge is 0.497 e. The lowest BCUT2D eigenvalue weighted by Gasteiger charge is -2.19. The first-order valence-corrected chi connectivity index (χ1v) is 11.0. The molecule has 0 saturated heterocycles. The van der Waals surface area contributed by atoms with Gasteiger partial charge in [-0.1, -0.05) is 60.7 Å². The smallest absolute Gasteiger partial charge is 0.275 e. The first kappa shape index (κ1) is 21.7. The van der Waals surface area contributed by atoms with E-state index >= 15 is 0 Å². The zero-order valence-corrected chi connectivity index (χ0v) is 18.5. The van der Waals surface area contributed by atoms with Crippen LogP contribution in [0.3, 0.4) is 0 Å². The molecule has 4 rings (SSSR count). The number of ether oxygens (including phenoxy) is 1. The molecule has 0 bridgehead atoms.